The number of hydrogen-bond acceptors (Lipinski definition) is 4. The highest BCUT2D eigenvalue weighted by molar-refractivity contribution is 7.79. The molecule has 1 aliphatic heterocycles. The van der Waals surface area contributed by atoms with Crippen LogP contribution in [-0.2, 0) is 10.4 Å². The molecule has 3 N–H and O–H groups in total. The average molecular weight is 237 g/mol. The molecule has 72 valence electrons. The number of hydrogen-bond donors (Lipinski definition) is 3. The quantitative estimate of drug-likeness (QED) is 0.315. The second-order valence-electron chi connectivity index (χ2n) is 1.69. The van der Waals surface area contributed by atoms with E-state index in [1.807, 2.05) is 0 Å². The molecule has 12 heavy (non-hydrogen) atoms. The van der Waals surface area contributed by atoms with Crippen LogP contribution >= 0.6 is 23.2 Å². The summed E-state index contributed by atoms with van der Waals surface area (Å²) in [6.07, 6.45) is 0. The molecule has 0 aliphatic carbocycles. The van der Waals surface area contributed by atoms with Crippen molar-refractivity contribution in [3.05, 3.63) is 0 Å². The van der Waals surface area contributed by atoms with Crippen molar-refractivity contribution >= 4 is 38.9 Å². The Labute approximate surface area is 79.2 Å². The van der Waals surface area contributed by atoms with E-state index < -0.39 is 10.4 Å². The summed E-state index contributed by atoms with van der Waals surface area (Å²) < 4.78 is 31.6. The van der Waals surface area contributed by atoms with Gasteiger partial charge in [0.1, 0.15) is 5.50 Å². The largest absolute Gasteiger partial charge is 0.394 e. The zero-order chi connectivity index (χ0) is 9.78. The molecule has 0 amide bonds. The van der Waals surface area contributed by atoms with Crippen LogP contribution in [0.15, 0.2) is 4.99 Å². The molecule has 1 heterocycles. The van der Waals surface area contributed by atoms with E-state index in [1.165, 1.54) is 0 Å². The third kappa shape index (κ3) is 9.92. The Morgan fingerprint density at radius 1 is 1.58 bits per heavy atom. The fourth-order valence-electron chi connectivity index (χ4n) is 0.381. The Kier molecular flexibility index (Phi) is 4.80. The van der Waals surface area contributed by atoms with Crippen molar-refractivity contribution in [1.82, 2.24) is 5.32 Å². The van der Waals surface area contributed by atoms with Gasteiger partial charge in [-0.2, -0.15) is 8.42 Å². The highest BCUT2D eigenvalue weighted by Gasteiger charge is 2.10. The van der Waals surface area contributed by atoms with Gasteiger partial charge in [0.05, 0.1) is 6.54 Å². The molecule has 0 fully saturated rings. The maximum atomic E-state index is 8.74. The molecule has 1 rings (SSSR count). The highest BCUT2D eigenvalue weighted by Crippen LogP contribution is 2.00. The molecule has 1 atom stereocenters. The molecule has 0 bridgehead atoms. The summed E-state index contributed by atoms with van der Waals surface area (Å²) in [5, 5.41) is 3.11. The van der Waals surface area contributed by atoms with Crippen molar-refractivity contribution in [3.8, 4) is 0 Å². The minimum atomic E-state index is -4.67. The normalized spacial score (nSPS) is 22.0. The smallest absolute Gasteiger partial charge is 0.343 e. The Morgan fingerprint density at radius 2 is 2.00 bits per heavy atom. The van der Waals surface area contributed by atoms with E-state index in [2.05, 4.69) is 10.3 Å². The first-order chi connectivity index (χ1) is 5.29. The lowest BCUT2D eigenvalue weighted by molar-refractivity contribution is 0.381. The molecule has 0 saturated carbocycles. The predicted octanol–water partition coefficient (Wildman–Crippen LogP) is 0.0965. The maximum absolute atomic E-state index is 8.74. The second kappa shape index (κ2) is 4.83. The van der Waals surface area contributed by atoms with Crippen LogP contribution in [0.25, 0.3) is 0 Å². The third-order valence-corrected chi connectivity index (χ3v) is 1.14. The van der Waals surface area contributed by atoms with Crippen LogP contribution in [0, 0.1) is 0 Å². The van der Waals surface area contributed by atoms with Crippen molar-refractivity contribution in [2.24, 2.45) is 4.99 Å². The van der Waals surface area contributed by atoms with E-state index in [-0.39, 0.29) is 5.50 Å². The van der Waals surface area contributed by atoms with E-state index >= 15 is 0 Å². The lowest BCUT2D eigenvalue weighted by atomic mass is 10.7. The molecule has 0 aromatic rings. The van der Waals surface area contributed by atoms with Gasteiger partial charge in [0.2, 0.25) is 0 Å². The molecule has 0 spiro atoms. The van der Waals surface area contributed by atoms with Gasteiger partial charge in [0, 0.05) is 0 Å². The van der Waals surface area contributed by atoms with E-state index in [0.29, 0.717) is 11.8 Å². The minimum Gasteiger partial charge on any atom is -0.343 e. The molecular weight excluding hydrogens is 231 g/mol. The van der Waals surface area contributed by atoms with E-state index in [0.717, 1.165) is 0 Å². The molecule has 0 saturated heterocycles. The zero-order valence-electron chi connectivity index (χ0n) is 5.61. The van der Waals surface area contributed by atoms with Gasteiger partial charge in [-0.3, -0.25) is 14.1 Å². The van der Waals surface area contributed by atoms with Crippen molar-refractivity contribution < 1.29 is 17.5 Å². The van der Waals surface area contributed by atoms with Crippen molar-refractivity contribution in [1.29, 1.82) is 0 Å². The van der Waals surface area contributed by atoms with Gasteiger partial charge in [0.25, 0.3) is 0 Å². The number of nitrogens with one attached hydrogen (secondary N) is 1. The molecule has 1 unspecified atom stereocenters. The van der Waals surface area contributed by atoms with Crippen molar-refractivity contribution in [3.63, 3.8) is 0 Å². The number of halogens is 2. The summed E-state index contributed by atoms with van der Waals surface area (Å²) in [7, 11) is -4.67. The lowest BCUT2D eigenvalue weighted by Gasteiger charge is -1.94. The summed E-state index contributed by atoms with van der Waals surface area (Å²) in [4.78, 5) is 3.76. The van der Waals surface area contributed by atoms with Crippen LogP contribution < -0.4 is 5.32 Å². The van der Waals surface area contributed by atoms with E-state index in [4.69, 9.17) is 40.7 Å². The molecule has 0 aromatic heterocycles. The molecule has 6 nitrogen and oxygen atoms in total. The molecule has 0 aromatic carbocycles. The van der Waals surface area contributed by atoms with Gasteiger partial charge < -0.3 is 5.32 Å². The van der Waals surface area contributed by atoms with E-state index in [1.54, 1.807) is 0 Å². The van der Waals surface area contributed by atoms with Gasteiger partial charge in [-0.25, -0.2) is 0 Å². The highest BCUT2D eigenvalue weighted by atomic mass is 35.5. The van der Waals surface area contributed by atoms with Gasteiger partial charge in [-0.15, -0.1) is 0 Å². The zero-order valence-corrected chi connectivity index (χ0v) is 7.94. The van der Waals surface area contributed by atoms with Crippen LogP contribution in [0.5, 0.6) is 0 Å². The summed E-state index contributed by atoms with van der Waals surface area (Å²) >= 11 is 10.9. The molecular formula is C3H6Cl2N2O4S. The van der Waals surface area contributed by atoms with Gasteiger partial charge in [-0.05, 0) is 11.6 Å². The summed E-state index contributed by atoms with van der Waals surface area (Å²) in [5.41, 5.74) is -0.0903. The van der Waals surface area contributed by atoms with Crippen molar-refractivity contribution in [2.75, 3.05) is 6.54 Å². The van der Waals surface area contributed by atoms with Gasteiger partial charge >= 0.3 is 10.4 Å². The fraction of sp³-hybridized carbons (Fsp3) is 0.667. The minimum absolute atomic E-state index is 0.0903. The Hall–Kier alpha value is -0.0800. The van der Waals surface area contributed by atoms with Crippen molar-refractivity contribution in [2.45, 2.75) is 5.50 Å². The molecule has 0 radical (unpaired) electrons. The van der Waals surface area contributed by atoms with Gasteiger partial charge in [-0.1, -0.05) is 11.6 Å². The van der Waals surface area contributed by atoms with Crippen LogP contribution in [0.4, 0.5) is 0 Å². The second-order valence-corrected chi connectivity index (χ2v) is 3.47. The fourth-order valence-corrected chi connectivity index (χ4v) is 0.810. The number of rotatable bonds is 0. The van der Waals surface area contributed by atoms with Crippen LogP contribution in [0.1, 0.15) is 0 Å². The Morgan fingerprint density at radius 3 is 2.08 bits per heavy atom. The Balaban J connectivity index is 0.000000217. The van der Waals surface area contributed by atoms with E-state index in [9.17, 15) is 0 Å². The Bertz CT molecular complexity index is 255. The standard InChI is InChI=1S/C3H4Cl2N2.H2O4S/c4-2-1-6-3(5)7-2;1-5(2,3)4/h2H,1H2,(H,6,7);(H2,1,2,3,4). The summed E-state index contributed by atoms with van der Waals surface area (Å²) in [5.74, 6) is 0. The third-order valence-electron chi connectivity index (χ3n) is 0.666. The number of aliphatic imine (C=N–C) groups is 1. The SMILES string of the molecule is ClC1=NCC(Cl)N1.O=S(=O)(O)O. The molecule has 1 aliphatic rings. The average Bonchev–Trinajstić information content (AvgIpc) is 2.09. The maximum Gasteiger partial charge on any atom is 0.394 e. The lowest BCUT2D eigenvalue weighted by Crippen LogP contribution is -2.21. The monoisotopic (exact) mass is 236 g/mol. The van der Waals surface area contributed by atoms with Crippen LogP contribution in [-0.4, -0.2) is 34.9 Å². The topological polar surface area (TPSA) is 99.0 Å². The number of amidine groups is 1. The number of alkyl halides is 1. The first-order valence-electron chi connectivity index (χ1n) is 2.59. The van der Waals surface area contributed by atoms with Gasteiger partial charge in [0.15, 0.2) is 5.29 Å². The summed E-state index contributed by atoms with van der Waals surface area (Å²) in [6.45, 7) is 0.584. The van der Waals surface area contributed by atoms with Crippen LogP contribution in [0.3, 0.4) is 0 Å². The first-order valence-corrected chi connectivity index (χ1v) is 4.80. The predicted molar refractivity (Wildman–Crippen MR) is 45.1 cm³/mol. The first kappa shape index (κ1) is 11.9. The van der Waals surface area contributed by atoms with Crippen LogP contribution in [0.2, 0.25) is 0 Å². The number of nitrogens with zero attached hydrogens (tertiary/aromatic N) is 1. The summed E-state index contributed by atoms with van der Waals surface area (Å²) in [6, 6.07) is 0. The molecule has 9 heteroatoms.